The van der Waals surface area contributed by atoms with Crippen molar-refractivity contribution < 1.29 is 14.6 Å². The summed E-state index contributed by atoms with van der Waals surface area (Å²) in [4.78, 5) is 12.9. The topological polar surface area (TPSA) is 49.8 Å². The van der Waals surface area contributed by atoms with Crippen LogP contribution in [0.2, 0.25) is 0 Å². The number of rotatable bonds is 1. The van der Waals surface area contributed by atoms with Gasteiger partial charge in [0.15, 0.2) is 0 Å². The minimum absolute atomic E-state index is 0.125. The Kier molecular flexibility index (Phi) is 3.63. The molecule has 0 spiro atoms. The van der Waals surface area contributed by atoms with Crippen molar-refractivity contribution in [3.8, 4) is 11.8 Å². The molecule has 0 aromatic carbocycles. The van der Waals surface area contributed by atoms with Crippen molar-refractivity contribution in [2.75, 3.05) is 13.1 Å². The highest BCUT2D eigenvalue weighted by atomic mass is 16.5. The average Bonchev–Trinajstić information content (AvgIpc) is 2.08. The minimum atomic E-state index is -1.03. The highest BCUT2D eigenvalue weighted by Gasteiger charge is 2.43. The number of nitrogens with zero attached hydrogens (tertiary/aromatic N) is 1. The van der Waals surface area contributed by atoms with Crippen LogP contribution in [-0.2, 0) is 9.53 Å². The van der Waals surface area contributed by atoms with Crippen molar-refractivity contribution in [3.63, 3.8) is 0 Å². The molecule has 1 aliphatic carbocycles. The number of aliphatic carboxylic acids is 1. The van der Waals surface area contributed by atoms with E-state index in [4.69, 9.17) is 9.84 Å². The Morgan fingerprint density at radius 2 is 1.74 bits per heavy atom. The van der Waals surface area contributed by atoms with Gasteiger partial charge in [0.25, 0.3) is 0 Å². The molecule has 0 unspecified atom stereocenters. The Bertz CT molecular complexity index is 408. The summed E-state index contributed by atoms with van der Waals surface area (Å²) in [5, 5.41) is 8.53. The van der Waals surface area contributed by atoms with Crippen LogP contribution in [0, 0.1) is 17.8 Å². The van der Waals surface area contributed by atoms with E-state index < -0.39 is 5.97 Å². The van der Waals surface area contributed by atoms with Crippen molar-refractivity contribution in [2.45, 2.75) is 57.8 Å². The van der Waals surface area contributed by atoms with E-state index in [0.29, 0.717) is 6.04 Å². The monoisotopic (exact) mass is 265 g/mol. The van der Waals surface area contributed by atoms with Crippen LogP contribution < -0.4 is 0 Å². The molecule has 0 radical (unpaired) electrons. The zero-order valence-electron chi connectivity index (χ0n) is 12.2. The van der Waals surface area contributed by atoms with Crippen LogP contribution in [0.15, 0.2) is 0 Å². The van der Waals surface area contributed by atoms with E-state index >= 15 is 0 Å². The quantitative estimate of drug-likeness (QED) is 0.734. The van der Waals surface area contributed by atoms with Crippen LogP contribution in [0.3, 0.4) is 0 Å². The Morgan fingerprint density at radius 3 is 2.21 bits per heavy atom. The number of carboxylic acid groups (broad SMARTS) is 1. The van der Waals surface area contributed by atoms with Crippen molar-refractivity contribution >= 4 is 5.97 Å². The maximum absolute atomic E-state index is 10.4. The van der Waals surface area contributed by atoms with Crippen LogP contribution in [0.1, 0.15) is 40.5 Å². The van der Waals surface area contributed by atoms with Gasteiger partial charge >= 0.3 is 5.97 Å². The Hall–Kier alpha value is -1.05. The average molecular weight is 265 g/mol. The summed E-state index contributed by atoms with van der Waals surface area (Å²) < 4.78 is 6.07. The zero-order valence-corrected chi connectivity index (χ0v) is 12.2. The first kappa shape index (κ1) is 14.4. The Labute approximate surface area is 115 Å². The number of hydrogen-bond acceptors (Lipinski definition) is 3. The summed E-state index contributed by atoms with van der Waals surface area (Å²) in [6.07, 6.45) is 1.96. The van der Waals surface area contributed by atoms with Gasteiger partial charge in [-0.25, -0.2) is 4.79 Å². The summed E-state index contributed by atoms with van der Waals surface area (Å²) in [7, 11) is 0. The van der Waals surface area contributed by atoms with Gasteiger partial charge in [0.05, 0.1) is 11.2 Å². The molecule has 1 saturated carbocycles. The van der Waals surface area contributed by atoms with Gasteiger partial charge < -0.3 is 9.84 Å². The van der Waals surface area contributed by atoms with E-state index in [1.165, 1.54) is 0 Å². The van der Waals surface area contributed by atoms with Gasteiger partial charge in [0, 0.05) is 31.0 Å². The molecule has 0 amide bonds. The smallest absolute Gasteiger partial charge is 0.381 e. The van der Waals surface area contributed by atoms with E-state index in [2.05, 4.69) is 44.4 Å². The maximum atomic E-state index is 10.4. The first-order chi connectivity index (χ1) is 8.67. The van der Waals surface area contributed by atoms with Gasteiger partial charge in [-0.15, -0.1) is 0 Å². The van der Waals surface area contributed by atoms with Crippen molar-refractivity contribution in [1.29, 1.82) is 0 Å². The summed E-state index contributed by atoms with van der Waals surface area (Å²) in [5.74, 6) is 4.26. The summed E-state index contributed by atoms with van der Waals surface area (Å²) in [6, 6.07) is 0.524. The summed E-state index contributed by atoms with van der Waals surface area (Å²) in [5.41, 5.74) is -0.251. The molecule has 2 rings (SSSR count). The first-order valence-electron chi connectivity index (χ1n) is 6.86. The van der Waals surface area contributed by atoms with Gasteiger partial charge in [0.2, 0.25) is 0 Å². The largest absolute Gasteiger partial charge is 0.472 e. The van der Waals surface area contributed by atoms with Gasteiger partial charge in [-0.05, 0) is 40.5 Å². The molecule has 1 N–H and O–H groups in total. The molecule has 19 heavy (non-hydrogen) atoms. The van der Waals surface area contributed by atoms with Gasteiger partial charge in [-0.2, -0.15) is 0 Å². The third kappa shape index (κ3) is 3.71. The van der Waals surface area contributed by atoms with Crippen molar-refractivity contribution in [2.24, 2.45) is 5.92 Å². The summed E-state index contributed by atoms with van der Waals surface area (Å²) in [6.45, 7) is 10.4. The lowest BCUT2D eigenvalue weighted by molar-refractivity contribution is -0.193. The third-order valence-electron chi connectivity index (χ3n) is 3.73. The molecule has 1 saturated heterocycles. The van der Waals surface area contributed by atoms with Crippen LogP contribution in [0.4, 0.5) is 0 Å². The maximum Gasteiger partial charge on any atom is 0.381 e. The van der Waals surface area contributed by atoms with Crippen LogP contribution >= 0.6 is 0 Å². The molecule has 0 atom stereocenters. The Balaban J connectivity index is 1.91. The molecule has 2 aliphatic rings. The number of morpholine rings is 1. The lowest BCUT2D eigenvalue weighted by Crippen LogP contribution is -2.61. The molecule has 4 heteroatoms. The predicted molar refractivity (Wildman–Crippen MR) is 72.7 cm³/mol. The fraction of sp³-hybridized carbons (Fsp3) is 0.800. The number of carbonyl (C=O) groups is 1. The fourth-order valence-corrected chi connectivity index (χ4v) is 3.27. The molecular formula is C15H23NO3. The third-order valence-corrected chi connectivity index (χ3v) is 3.73. The van der Waals surface area contributed by atoms with Crippen LogP contribution in [0.25, 0.3) is 0 Å². The van der Waals surface area contributed by atoms with E-state index in [-0.39, 0.29) is 17.1 Å². The van der Waals surface area contributed by atoms with Crippen LogP contribution in [0.5, 0.6) is 0 Å². The van der Waals surface area contributed by atoms with E-state index in [9.17, 15) is 4.79 Å². The first-order valence-corrected chi connectivity index (χ1v) is 6.86. The van der Waals surface area contributed by atoms with E-state index in [0.717, 1.165) is 25.9 Å². The van der Waals surface area contributed by atoms with Crippen LogP contribution in [-0.4, -0.2) is 46.3 Å². The van der Waals surface area contributed by atoms with E-state index in [1.54, 1.807) is 0 Å². The Morgan fingerprint density at radius 1 is 1.21 bits per heavy atom. The van der Waals surface area contributed by atoms with Crippen molar-refractivity contribution in [1.82, 2.24) is 4.90 Å². The van der Waals surface area contributed by atoms with Crippen molar-refractivity contribution in [3.05, 3.63) is 0 Å². The molecule has 0 aromatic rings. The van der Waals surface area contributed by atoms with Gasteiger partial charge in [-0.3, -0.25) is 4.90 Å². The lowest BCUT2D eigenvalue weighted by Gasteiger charge is -2.52. The van der Waals surface area contributed by atoms with E-state index in [1.807, 2.05) is 0 Å². The number of hydrogen-bond donors (Lipinski definition) is 1. The lowest BCUT2D eigenvalue weighted by atomic mass is 9.78. The molecule has 106 valence electrons. The predicted octanol–water partition coefficient (Wildman–Crippen LogP) is 1.74. The highest BCUT2D eigenvalue weighted by molar-refractivity contribution is 5.86. The summed E-state index contributed by atoms with van der Waals surface area (Å²) >= 11 is 0. The molecule has 4 nitrogen and oxygen atoms in total. The standard InChI is InChI=1S/C15H23NO3/c1-14(2)9-16(10-15(3,4)19-14)12-7-11(8-12)5-6-13(17)18/h11-12H,7-10H2,1-4H3,(H,17,18). The second-order valence-electron chi connectivity index (χ2n) is 6.92. The molecule has 1 heterocycles. The van der Waals surface area contributed by atoms with Gasteiger partial charge in [-0.1, -0.05) is 5.92 Å². The second-order valence-corrected chi connectivity index (χ2v) is 6.92. The zero-order chi connectivity index (χ0) is 14.3. The SMILES string of the molecule is CC1(C)CN(C2CC(C#CC(=O)O)C2)CC(C)(C)O1. The van der Waals surface area contributed by atoms with Gasteiger partial charge in [0.1, 0.15) is 0 Å². The molecule has 2 fully saturated rings. The number of carboxylic acids is 1. The molecule has 1 aliphatic heterocycles. The normalized spacial score (nSPS) is 32.8. The molecular weight excluding hydrogens is 242 g/mol. The highest BCUT2D eigenvalue weighted by Crippen LogP contribution is 2.37. The fourth-order valence-electron chi connectivity index (χ4n) is 3.27. The number of ether oxygens (including phenoxy) is 1. The molecule has 0 bridgehead atoms. The second kappa shape index (κ2) is 4.81. The molecule has 0 aromatic heterocycles. The minimum Gasteiger partial charge on any atom is -0.472 e.